The van der Waals surface area contributed by atoms with E-state index in [0.29, 0.717) is 23.8 Å². The number of likely N-dealkylation sites (tertiary alicyclic amines) is 1. The van der Waals surface area contributed by atoms with Crippen LogP contribution in [0.25, 0.3) is 0 Å². The van der Waals surface area contributed by atoms with E-state index >= 15 is 0 Å². The molecule has 0 radical (unpaired) electrons. The minimum atomic E-state index is 0.165. The molecule has 1 aliphatic rings. The Hall–Kier alpha value is -2.20. The van der Waals surface area contributed by atoms with E-state index in [-0.39, 0.29) is 5.91 Å². The summed E-state index contributed by atoms with van der Waals surface area (Å²) < 4.78 is 11.0. The lowest BCUT2D eigenvalue weighted by molar-refractivity contribution is -0.129. The van der Waals surface area contributed by atoms with Crippen molar-refractivity contribution in [1.29, 1.82) is 0 Å². The normalized spacial score (nSPS) is 13.8. The standard InChI is InChI=1S/C20H22ClNO3/c1-24-17-6-4-5-16(11-17)14-25-19-8-7-15(12-18(19)21)13-20(23)22-9-2-3-10-22/h4-8,11-12H,2-3,9-10,13-14H2,1H3. The van der Waals surface area contributed by atoms with E-state index < -0.39 is 0 Å². The summed E-state index contributed by atoms with van der Waals surface area (Å²) in [6, 6.07) is 13.3. The second-order valence-electron chi connectivity index (χ2n) is 6.17. The first kappa shape index (κ1) is 17.6. The molecule has 1 fully saturated rings. The number of halogens is 1. The van der Waals surface area contributed by atoms with Crippen molar-refractivity contribution in [1.82, 2.24) is 4.90 Å². The fourth-order valence-corrected chi connectivity index (χ4v) is 3.21. The van der Waals surface area contributed by atoms with Gasteiger partial charge in [0.15, 0.2) is 0 Å². The molecule has 2 aromatic carbocycles. The van der Waals surface area contributed by atoms with Gasteiger partial charge in [-0.05, 0) is 48.2 Å². The molecule has 1 saturated heterocycles. The Morgan fingerprint density at radius 1 is 1.12 bits per heavy atom. The second kappa shape index (κ2) is 8.26. The molecule has 1 aliphatic heterocycles. The predicted octanol–water partition coefficient (Wildman–Crippen LogP) is 4.09. The van der Waals surface area contributed by atoms with Crippen molar-refractivity contribution in [3.8, 4) is 11.5 Å². The van der Waals surface area contributed by atoms with Gasteiger partial charge in [0.1, 0.15) is 18.1 Å². The van der Waals surface area contributed by atoms with Crippen LogP contribution in [-0.2, 0) is 17.8 Å². The highest BCUT2D eigenvalue weighted by Crippen LogP contribution is 2.27. The third kappa shape index (κ3) is 4.67. The van der Waals surface area contributed by atoms with Crippen LogP contribution in [-0.4, -0.2) is 31.0 Å². The number of hydrogen-bond acceptors (Lipinski definition) is 3. The Morgan fingerprint density at radius 2 is 1.92 bits per heavy atom. The molecule has 0 bridgehead atoms. The maximum Gasteiger partial charge on any atom is 0.226 e. The van der Waals surface area contributed by atoms with Crippen molar-refractivity contribution in [3.63, 3.8) is 0 Å². The highest BCUT2D eigenvalue weighted by Gasteiger charge is 2.18. The minimum absolute atomic E-state index is 0.165. The summed E-state index contributed by atoms with van der Waals surface area (Å²) in [6.45, 7) is 2.14. The smallest absolute Gasteiger partial charge is 0.226 e. The summed E-state index contributed by atoms with van der Waals surface area (Å²) in [7, 11) is 1.64. The number of carbonyl (C=O) groups is 1. The Kier molecular flexibility index (Phi) is 5.82. The molecule has 2 aromatic rings. The summed E-state index contributed by atoms with van der Waals surface area (Å²) in [5.41, 5.74) is 1.92. The van der Waals surface area contributed by atoms with Crippen molar-refractivity contribution in [3.05, 3.63) is 58.6 Å². The lowest BCUT2D eigenvalue weighted by atomic mass is 10.1. The minimum Gasteiger partial charge on any atom is -0.497 e. The molecule has 25 heavy (non-hydrogen) atoms. The molecule has 0 aromatic heterocycles. The monoisotopic (exact) mass is 359 g/mol. The van der Waals surface area contributed by atoms with Crippen molar-refractivity contribution in [2.24, 2.45) is 0 Å². The topological polar surface area (TPSA) is 38.8 Å². The molecule has 3 rings (SSSR count). The van der Waals surface area contributed by atoms with Gasteiger partial charge in [-0.3, -0.25) is 4.79 Å². The molecular weight excluding hydrogens is 338 g/mol. The second-order valence-corrected chi connectivity index (χ2v) is 6.58. The van der Waals surface area contributed by atoms with Crippen molar-refractivity contribution < 1.29 is 14.3 Å². The van der Waals surface area contributed by atoms with Crippen LogP contribution < -0.4 is 9.47 Å². The molecule has 0 aliphatic carbocycles. The molecule has 5 heteroatoms. The molecule has 132 valence electrons. The molecule has 0 spiro atoms. The van der Waals surface area contributed by atoms with Crippen molar-refractivity contribution in [2.75, 3.05) is 20.2 Å². The Labute approximate surface area is 153 Å². The fraction of sp³-hybridized carbons (Fsp3) is 0.350. The van der Waals surface area contributed by atoms with E-state index in [1.54, 1.807) is 7.11 Å². The van der Waals surface area contributed by atoms with E-state index in [1.807, 2.05) is 47.4 Å². The molecular formula is C20H22ClNO3. The zero-order chi connectivity index (χ0) is 17.6. The van der Waals surface area contributed by atoms with Gasteiger partial charge in [0.05, 0.1) is 18.6 Å². The molecule has 0 unspecified atom stereocenters. The molecule has 4 nitrogen and oxygen atoms in total. The molecule has 0 saturated carbocycles. The first-order valence-electron chi connectivity index (χ1n) is 8.47. The molecule has 0 atom stereocenters. The number of methoxy groups -OCH3 is 1. The third-order valence-electron chi connectivity index (χ3n) is 4.34. The van der Waals surface area contributed by atoms with Crippen LogP contribution in [0.5, 0.6) is 11.5 Å². The highest BCUT2D eigenvalue weighted by atomic mass is 35.5. The number of hydrogen-bond donors (Lipinski definition) is 0. The first-order valence-corrected chi connectivity index (χ1v) is 8.85. The van der Waals surface area contributed by atoms with Crippen LogP contribution >= 0.6 is 11.6 Å². The van der Waals surface area contributed by atoms with Crippen LogP contribution in [0.4, 0.5) is 0 Å². The number of nitrogens with zero attached hydrogens (tertiary/aromatic N) is 1. The number of carbonyl (C=O) groups excluding carboxylic acids is 1. The number of rotatable bonds is 6. The van der Waals surface area contributed by atoms with Crippen LogP contribution in [0.2, 0.25) is 5.02 Å². The lowest BCUT2D eigenvalue weighted by Gasteiger charge is -2.15. The number of benzene rings is 2. The van der Waals surface area contributed by atoms with Gasteiger partial charge in [0.2, 0.25) is 5.91 Å². The molecule has 0 N–H and O–H groups in total. The molecule has 1 amide bonds. The average Bonchev–Trinajstić information content (AvgIpc) is 3.16. The largest absolute Gasteiger partial charge is 0.497 e. The van der Waals surface area contributed by atoms with Gasteiger partial charge in [0, 0.05) is 13.1 Å². The Bertz CT molecular complexity index is 741. The summed E-state index contributed by atoms with van der Waals surface area (Å²) in [5, 5.41) is 0.523. The maximum atomic E-state index is 12.2. The van der Waals surface area contributed by atoms with E-state index in [4.69, 9.17) is 21.1 Å². The first-order chi connectivity index (χ1) is 12.2. The van der Waals surface area contributed by atoms with E-state index in [0.717, 1.165) is 42.8 Å². The van der Waals surface area contributed by atoms with Crippen LogP contribution in [0.3, 0.4) is 0 Å². The SMILES string of the molecule is COc1cccc(COc2ccc(CC(=O)N3CCCC3)cc2Cl)c1. The predicted molar refractivity (Wildman–Crippen MR) is 98.3 cm³/mol. The fourth-order valence-electron chi connectivity index (χ4n) is 2.95. The van der Waals surface area contributed by atoms with Crippen LogP contribution in [0.15, 0.2) is 42.5 Å². The molecule has 1 heterocycles. The van der Waals surface area contributed by atoms with Gasteiger partial charge in [-0.25, -0.2) is 0 Å². The zero-order valence-corrected chi connectivity index (χ0v) is 15.1. The van der Waals surface area contributed by atoms with Crippen LogP contribution in [0.1, 0.15) is 24.0 Å². The summed E-state index contributed by atoms with van der Waals surface area (Å²) in [4.78, 5) is 14.1. The van der Waals surface area contributed by atoms with E-state index in [9.17, 15) is 4.79 Å². The van der Waals surface area contributed by atoms with Gasteiger partial charge < -0.3 is 14.4 Å². The number of ether oxygens (including phenoxy) is 2. The Morgan fingerprint density at radius 3 is 2.64 bits per heavy atom. The summed E-state index contributed by atoms with van der Waals surface area (Å²) in [6.07, 6.45) is 2.59. The summed E-state index contributed by atoms with van der Waals surface area (Å²) >= 11 is 6.32. The van der Waals surface area contributed by atoms with Gasteiger partial charge >= 0.3 is 0 Å². The van der Waals surface area contributed by atoms with Gasteiger partial charge in [0.25, 0.3) is 0 Å². The Balaban J connectivity index is 1.60. The lowest BCUT2D eigenvalue weighted by Crippen LogP contribution is -2.29. The van der Waals surface area contributed by atoms with E-state index in [2.05, 4.69) is 0 Å². The quantitative estimate of drug-likeness (QED) is 0.779. The van der Waals surface area contributed by atoms with Crippen molar-refractivity contribution >= 4 is 17.5 Å². The van der Waals surface area contributed by atoms with Gasteiger partial charge in [-0.2, -0.15) is 0 Å². The average molecular weight is 360 g/mol. The zero-order valence-electron chi connectivity index (χ0n) is 14.3. The van der Waals surface area contributed by atoms with Crippen molar-refractivity contribution in [2.45, 2.75) is 25.9 Å². The summed E-state index contributed by atoms with van der Waals surface area (Å²) in [5.74, 6) is 1.57. The third-order valence-corrected chi connectivity index (χ3v) is 4.63. The number of amides is 1. The van der Waals surface area contributed by atoms with Gasteiger partial charge in [-0.15, -0.1) is 0 Å². The van der Waals surface area contributed by atoms with Crippen LogP contribution in [0, 0.1) is 0 Å². The highest BCUT2D eigenvalue weighted by molar-refractivity contribution is 6.32. The van der Waals surface area contributed by atoms with E-state index in [1.165, 1.54) is 0 Å². The maximum absolute atomic E-state index is 12.2. The van der Waals surface area contributed by atoms with Gasteiger partial charge in [-0.1, -0.05) is 29.8 Å².